The zero-order valence-electron chi connectivity index (χ0n) is 9.52. The van der Waals surface area contributed by atoms with Gasteiger partial charge in [0.15, 0.2) is 0 Å². The van der Waals surface area contributed by atoms with Gasteiger partial charge in [-0.2, -0.15) is 0 Å². The minimum Gasteiger partial charge on any atom is -0.320 e. The van der Waals surface area contributed by atoms with Crippen molar-refractivity contribution in [3.05, 3.63) is 29.8 Å². The molecular formula is C12H14F2N2O. The second-order valence-electron chi connectivity index (χ2n) is 4.41. The van der Waals surface area contributed by atoms with Crippen molar-refractivity contribution < 1.29 is 13.6 Å². The molecule has 1 aromatic rings. The first-order valence-corrected chi connectivity index (χ1v) is 5.53. The molecule has 92 valence electrons. The predicted octanol–water partition coefficient (Wildman–Crippen LogP) is 2.05. The Balaban J connectivity index is 2.18. The van der Waals surface area contributed by atoms with E-state index in [4.69, 9.17) is 0 Å². The number of anilines is 1. The highest BCUT2D eigenvalue weighted by Gasteiger charge is 2.36. The first-order chi connectivity index (χ1) is 8.03. The van der Waals surface area contributed by atoms with E-state index in [2.05, 4.69) is 10.6 Å². The number of carbonyl (C=O) groups is 1. The summed E-state index contributed by atoms with van der Waals surface area (Å²) in [4.78, 5) is 11.9. The van der Waals surface area contributed by atoms with Crippen molar-refractivity contribution in [3.63, 3.8) is 0 Å². The van der Waals surface area contributed by atoms with Crippen LogP contribution in [-0.4, -0.2) is 18.0 Å². The lowest BCUT2D eigenvalue weighted by Crippen LogP contribution is -2.48. The van der Waals surface area contributed by atoms with Crippen molar-refractivity contribution in [2.75, 3.05) is 11.9 Å². The first-order valence-electron chi connectivity index (χ1n) is 5.53. The van der Waals surface area contributed by atoms with Crippen molar-refractivity contribution in [2.45, 2.75) is 25.3 Å². The molecule has 2 rings (SSSR count). The maximum atomic E-state index is 13.3. The number of nitrogens with one attached hydrogen (secondary N) is 2. The highest BCUT2D eigenvalue weighted by Crippen LogP contribution is 2.23. The van der Waals surface area contributed by atoms with Crippen LogP contribution in [0.3, 0.4) is 0 Å². The van der Waals surface area contributed by atoms with Gasteiger partial charge in [0.05, 0.1) is 5.54 Å². The predicted molar refractivity (Wildman–Crippen MR) is 60.6 cm³/mol. The molecule has 1 amide bonds. The van der Waals surface area contributed by atoms with Crippen LogP contribution in [0.2, 0.25) is 0 Å². The maximum Gasteiger partial charge on any atom is 0.244 e. The molecule has 1 atom stereocenters. The van der Waals surface area contributed by atoms with E-state index < -0.39 is 23.1 Å². The van der Waals surface area contributed by atoms with Crippen molar-refractivity contribution in [1.29, 1.82) is 0 Å². The van der Waals surface area contributed by atoms with Crippen LogP contribution < -0.4 is 10.6 Å². The molecule has 3 nitrogen and oxygen atoms in total. The Morgan fingerprint density at radius 2 is 2.06 bits per heavy atom. The first kappa shape index (κ1) is 12.0. The second-order valence-corrected chi connectivity index (χ2v) is 4.41. The van der Waals surface area contributed by atoms with Crippen LogP contribution in [0.5, 0.6) is 0 Å². The fourth-order valence-electron chi connectivity index (χ4n) is 1.96. The lowest BCUT2D eigenvalue weighted by molar-refractivity contribution is -0.121. The summed E-state index contributed by atoms with van der Waals surface area (Å²) in [6.07, 6.45) is 1.54. The molecule has 1 heterocycles. The van der Waals surface area contributed by atoms with Gasteiger partial charge in [0, 0.05) is 0 Å². The summed E-state index contributed by atoms with van der Waals surface area (Å²) in [7, 11) is 0. The normalized spacial score (nSPS) is 23.7. The fraction of sp³-hybridized carbons (Fsp3) is 0.417. The maximum absolute atomic E-state index is 13.3. The number of hydrogen-bond acceptors (Lipinski definition) is 2. The largest absolute Gasteiger partial charge is 0.320 e. The van der Waals surface area contributed by atoms with Crippen LogP contribution in [0.15, 0.2) is 18.2 Å². The molecule has 0 spiro atoms. The van der Waals surface area contributed by atoms with Crippen LogP contribution in [0.4, 0.5) is 14.5 Å². The smallest absolute Gasteiger partial charge is 0.244 e. The highest BCUT2D eigenvalue weighted by atomic mass is 19.1. The van der Waals surface area contributed by atoms with Gasteiger partial charge in [0.2, 0.25) is 5.91 Å². The molecule has 0 bridgehead atoms. The van der Waals surface area contributed by atoms with Gasteiger partial charge < -0.3 is 10.6 Å². The molecule has 17 heavy (non-hydrogen) atoms. The third kappa shape index (κ3) is 2.29. The molecule has 1 fully saturated rings. The summed E-state index contributed by atoms with van der Waals surface area (Å²) in [5.41, 5.74) is -1.12. The van der Waals surface area contributed by atoms with E-state index in [1.165, 1.54) is 6.07 Å². The number of hydrogen-bond donors (Lipinski definition) is 2. The molecule has 2 N–H and O–H groups in total. The van der Waals surface area contributed by atoms with E-state index in [-0.39, 0.29) is 5.69 Å². The third-order valence-corrected chi connectivity index (χ3v) is 3.07. The van der Waals surface area contributed by atoms with Gasteiger partial charge in [-0.25, -0.2) is 8.78 Å². The SMILES string of the molecule is CC1(C(=O)Nc2c(F)cccc2F)CCCN1. The van der Waals surface area contributed by atoms with E-state index in [1.807, 2.05) is 0 Å². The van der Waals surface area contributed by atoms with Gasteiger partial charge in [-0.3, -0.25) is 4.79 Å². The van der Waals surface area contributed by atoms with Crippen LogP contribution in [0.1, 0.15) is 19.8 Å². The van der Waals surface area contributed by atoms with E-state index >= 15 is 0 Å². The van der Waals surface area contributed by atoms with Crippen molar-refractivity contribution >= 4 is 11.6 Å². The van der Waals surface area contributed by atoms with Crippen molar-refractivity contribution in [1.82, 2.24) is 5.32 Å². The topological polar surface area (TPSA) is 41.1 Å². The van der Waals surface area contributed by atoms with Crippen LogP contribution in [0.25, 0.3) is 0 Å². The lowest BCUT2D eigenvalue weighted by Gasteiger charge is -2.23. The fourth-order valence-corrected chi connectivity index (χ4v) is 1.96. The summed E-state index contributed by atoms with van der Waals surface area (Å²) in [5, 5.41) is 5.34. The Morgan fingerprint density at radius 1 is 1.41 bits per heavy atom. The van der Waals surface area contributed by atoms with Gasteiger partial charge in [0.25, 0.3) is 0 Å². The number of para-hydroxylation sites is 1. The molecule has 1 aliphatic heterocycles. The Kier molecular flexibility index (Phi) is 3.11. The van der Waals surface area contributed by atoms with Crippen molar-refractivity contribution in [3.8, 4) is 0 Å². The Labute approximate surface area is 98.2 Å². The molecule has 1 aliphatic rings. The second kappa shape index (κ2) is 4.41. The minimum atomic E-state index is -0.764. The quantitative estimate of drug-likeness (QED) is 0.830. The van der Waals surface area contributed by atoms with E-state index in [9.17, 15) is 13.6 Å². The number of halogens is 2. The summed E-state index contributed by atoms with van der Waals surface area (Å²) in [6, 6.07) is 3.49. The van der Waals surface area contributed by atoms with Crippen LogP contribution in [-0.2, 0) is 4.79 Å². The van der Waals surface area contributed by atoms with Crippen LogP contribution >= 0.6 is 0 Å². The summed E-state index contributed by atoms with van der Waals surface area (Å²) in [5.74, 6) is -1.93. The average molecular weight is 240 g/mol. The summed E-state index contributed by atoms with van der Waals surface area (Å²) in [6.45, 7) is 2.47. The molecule has 1 unspecified atom stereocenters. The monoisotopic (exact) mass is 240 g/mol. The molecular weight excluding hydrogens is 226 g/mol. The number of rotatable bonds is 2. The van der Waals surface area contributed by atoms with Gasteiger partial charge >= 0.3 is 0 Å². The number of amides is 1. The zero-order valence-corrected chi connectivity index (χ0v) is 9.52. The highest BCUT2D eigenvalue weighted by molar-refractivity contribution is 5.98. The van der Waals surface area contributed by atoms with Gasteiger partial charge in [-0.1, -0.05) is 6.07 Å². The third-order valence-electron chi connectivity index (χ3n) is 3.07. The van der Waals surface area contributed by atoms with Gasteiger partial charge in [0.1, 0.15) is 17.3 Å². The van der Waals surface area contributed by atoms with Gasteiger partial charge in [-0.15, -0.1) is 0 Å². The summed E-state index contributed by atoms with van der Waals surface area (Å²) >= 11 is 0. The Bertz CT molecular complexity index is 422. The number of carbonyl (C=O) groups excluding carboxylic acids is 1. The molecule has 1 saturated heterocycles. The van der Waals surface area contributed by atoms with E-state index in [0.29, 0.717) is 6.42 Å². The molecule has 1 aromatic carbocycles. The molecule has 0 aromatic heterocycles. The van der Waals surface area contributed by atoms with Crippen LogP contribution in [0, 0.1) is 11.6 Å². The average Bonchev–Trinajstić information content (AvgIpc) is 2.72. The Hall–Kier alpha value is -1.49. The number of benzene rings is 1. The van der Waals surface area contributed by atoms with E-state index in [1.54, 1.807) is 6.92 Å². The van der Waals surface area contributed by atoms with Crippen molar-refractivity contribution in [2.24, 2.45) is 0 Å². The molecule has 5 heteroatoms. The van der Waals surface area contributed by atoms with Gasteiger partial charge in [-0.05, 0) is 38.4 Å². The zero-order chi connectivity index (χ0) is 12.5. The lowest BCUT2D eigenvalue weighted by atomic mass is 9.99. The summed E-state index contributed by atoms with van der Waals surface area (Å²) < 4.78 is 26.7. The standard InChI is InChI=1S/C12H14F2N2O/c1-12(6-3-7-15-12)11(17)16-10-8(13)4-2-5-9(10)14/h2,4-5,15H,3,6-7H2,1H3,(H,16,17). The van der Waals surface area contributed by atoms with E-state index in [0.717, 1.165) is 25.1 Å². The molecule has 0 aliphatic carbocycles. The molecule has 0 radical (unpaired) electrons. The minimum absolute atomic E-state index is 0.382. The Morgan fingerprint density at radius 3 is 2.59 bits per heavy atom. The molecule has 0 saturated carbocycles.